The highest BCUT2D eigenvalue weighted by Crippen LogP contribution is 2.23. The highest BCUT2D eigenvalue weighted by molar-refractivity contribution is 6.42. The predicted octanol–water partition coefficient (Wildman–Crippen LogP) is 2.91. The van der Waals surface area contributed by atoms with Crippen LogP contribution >= 0.6 is 23.2 Å². The van der Waals surface area contributed by atoms with Gasteiger partial charge in [-0.3, -0.25) is 9.59 Å². The zero-order chi connectivity index (χ0) is 21.5. The molecule has 2 amide bonds. The lowest BCUT2D eigenvalue weighted by Gasteiger charge is -2.30. The third kappa shape index (κ3) is 6.71. The quantitative estimate of drug-likeness (QED) is 0.672. The molecule has 3 rings (SSSR count). The molecular formula is C22H29Cl2N3O3. The molecule has 1 N–H and O–H groups in total. The van der Waals surface area contributed by atoms with Crippen molar-refractivity contribution in [2.75, 3.05) is 45.8 Å². The maximum atomic E-state index is 12.6. The molecule has 1 atom stereocenters. The van der Waals surface area contributed by atoms with Crippen molar-refractivity contribution in [2.24, 2.45) is 0 Å². The molecule has 30 heavy (non-hydrogen) atoms. The second-order valence-corrected chi connectivity index (χ2v) is 8.75. The smallest absolute Gasteiger partial charge is 0.246 e. The van der Waals surface area contributed by atoms with Crippen molar-refractivity contribution in [3.8, 4) is 0 Å². The van der Waals surface area contributed by atoms with Crippen LogP contribution in [0.2, 0.25) is 10.0 Å². The van der Waals surface area contributed by atoms with Crippen molar-refractivity contribution < 1.29 is 14.7 Å². The average molecular weight is 454 g/mol. The Morgan fingerprint density at radius 2 is 1.80 bits per heavy atom. The van der Waals surface area contributed by atoms with Crippen molar-refractivity contribution >= 4 is 41.1 Å². The van der Waals surface area contributed by atoms with Crippen LogP contribution in [-0.2, 0) is 9.59 Å². The Morgan fingerprint density at radius 1 is 1.03 bits per heavy atom. The number of nitrogens with zero attached hydrogens (tertiary/aromatic N) is 3. The molecule has 1 aromatic carbocycles. The molecule has 164 valence electrons. The van der Waals surface area contributed by atoms with Crippen molar-refractivity contribution in [1.82, 2.24) is 14.7 Å². The summed E-state index contributed by atoms with van der Waals surface area (Å²) in [5.41, 5.74) is 0.783. The minimum atomic E-state index is -0.566. The van der Waals surface area contributed by atoms with Crippen LogP contribution in [0.25, 0.3) is 6.08 Å². The van der Waals surface area contributed by atoms with E-state index in [-0.39, 0.29) is 18.2 Å². The van der Waals surface area contributed by atoms with Gasteiger partial charge in [-0.25, -0.2) is 0 Å². The van der Waals surface area contributed by atoms with Crippen LogP contribution in [0, 0.1) is 0 Å². The number of aliphatic hydroxyl groups is 1. The van der Waals surface area contributed by atoms with Gasteiger partial charge in [0, 0.05) is 45.2 Å². The van der Waals surface area contributed by atoms with E-state index in [1.54, 1.807) is 34.1 Å². The zero-order valence-electron chi connectivity index (χ0n) is 17.1. The monoisotopic (exact) mass is 453 g/mol. The molecule has 0 radical (unpaired) electrons. The Kier molecular flexibility index (Phi) is 8.57. The lowest BCUT2D eigenvalue weighted by Crippen LogP contribution is -2.44. The molecule has 0 spiro atoms. The number of hydrogen-bond donors (Lipinski definition) is 1. The van der Waals surface area contributed by atoms with Crippen LogP contribution < -0.4 is 0 Å². The summed E-state index contributed by atoms with van der Waals surface area (Å²) in [6.45, 7) is 4.20. The molecule has 0 aromatic heterocycles. The van der Waals surface area contributed by atoms with E-state index in [2.05, 4.69) is 4.90 Å². The average Bonchev–Trinajstić information content (AvgIpc) is 2.91. The van der Waals surface area contributed by atoms with E-state index in [9.17, 15) is 14.7 Å². The number of piperidine rings is 1. The van der Waals surface area contributed by atoms with E-state index in [0.717, 1.165) is 18.7 Å². The number of carbonyl (C=O) groups is 2. The van der Waals surface area contributed by atoms with Crippen LogP contribution in [0.15, 0.2) is 24.3 Å². The van der Waals surface area contributed by atoms with Crippen molar-refractivity contribution in [3.05, 3.63) is 39.9 Å². The fraction of sp³-hybridized carbons (Fsp3) is 0.545. The minimum Gasteiger partial charge on any atom is -0.390 e. The second kappa shape index (κ2) is 11.1. The Balaban J connectivity index is 1.50. The molecule has 2 aliphatic heterocycles. The number of hydrogen-bond acceptors (Lipinski definition) is 4. The summed E-state index contributed by atoms with van der Waals surface area (Å²) in [5, 5.41) is 11.3. The molecular weight excluding hydrogens is 425 g/mol. The van der Waals surface area contributed by atoms with Gasteiger partial charge < -0.3 is 19.8 Å². The molecule has 0 aliphatic carbocycles. The molecule has 2 heterocycles. The van der Waals surface area contributed by atoms with Gasteiger partial charge in [0.15, 0.2) is 0 Å². The van der Waals surface area contributed by atoms with Crippen LogP contribution in [0.1, 0.15) is 31.2 Å². The maximum Gasteiger partial charge on any atom is 0.246 e. The van der Waals surface area contributed by atoms with Gasteiger partial charge in [-0.05, 0) is 49.7 Å². The first-order chi connectivity index (χ1) is 14.4. The second-order valence-electron chi connectivity index (χ2n) is 7.94. The molecule has 6 nitrogen and oxygen atoms in total. The van der Waals surface area contributed by atoms with E-state index in [1.807, 2.05) is 0 Å². The predicted molar refractivity (Wildman–Crippen MR) is 120 cm³/mol. The normalized spacial score (nSPS) is 19.9. The van der Waals surface area contributed by atoms with Gasteiger partial charge in [-0.15, -0.1) is 0 Å². The van der Waals surface area contributed by atoms with Crippen LogP contribution in [0.3, 0.4) is 0 Å². The topological polar surface area (TPSA) is 64.1 Å². The number of β-amino-alcohol motifs (C(OH)–C–C–N with tert-alkyl or cyclic N) is 1. The van der Waals surface area contributed by atoms with Crippen molar-refractivity contribution in [1.29, 1.82) is 0 Å². The highest BCUT2D eigenvalue weighted by atomic mass is 35.5. The van der Waals surface area contributed by atoms with E-state index in [0.29, 0.717) is 42.8 Å². The van der Waals surface area contributed by atoms with Gasteiger partial charge in [0.25, 0.3) is 0 Å². The number of halogens is 2. The molecule has 1 aromatic rings. The fourth-order valence-electron chi connectivity index (χ4n) is 3.92. The van der Waals surface area contributed by atoms with E-state index in [1.165, 1.54) is 25.3 Å². The molecule has 2 fully saturated rings. The van der Waals surface area contributed by atoms with Gasteiger partial charge in [-0.2, -0.15) is 0 Å². The third-order valence-electron chi connectivity index (χ3n) is 5.61. The molecule has 2 aliphatic rings. The van der Waals surface area contributed by atoms with Crippen LogP contribution in [0.5, 0.6) is 0 Å². The maximum absolute atomic E-state index is 12.6. The summed E-state index contributed by atoms with van der Waals surface area (Å²) < 4.78 is 0. The summed E-state index contributed by atoms with van der Waals surface area (Å²) in [6.07, 6.45) is 6.47. The van der Waals surface area contributed by atoms with Crippen LogP contribution in [0.4, 0.5) is 0 Å². The van der Waals surface area contributed by atoms with Crippen molar-refractivity contribution in [3.63, 3.8) is 0 Å². The summed E-state index contributed by atoms with van der Waals surface area (Å²) in [5.74, 6) is -0.166. The van der Waals surface area contributed by atoms with E-state index < -0.39 is 6.10 Å². The first kappa shape index (κ1) is 23.1. The van der Waals surface area contributed by atoms with E-state index >= 15 is 0 Å². The first-order valence-corrected chi connectivity index (χ1v) is 11.3. The lowest BCUT2D eigenvalue weighted by atomic mass is 10.1. The fourth-order valence-corrected chi connectivity index (χ4v) is 4.23. The number of carbonyl (C=O) groups excluding carboxylic acids is 2. The summed E-state index contributed by atoms with van der Waals surface area (Å²) >= 11 is 11.9. The minimum absolute atomic E-state index is 0.0172. The molecule has 0 bridgehead atoms. The largest absolute Gasteiger partial charge is 0.390 e. The number of benzene rings is 1. The summed E-state index contributed by atoms with van der Waals surface area (Å²) in [7, 11) is 0. The number of rotatable bonds is 6. The lowest BCUT2D eigenvalue weighted by molar-refractivity contribution is -0.131. The summed E-state index contributed by atoms with van der Waals surface area (Å²) in [4.78, 5) is 30.7. The van der Waals surface area contributed by atoms with E-state index in [4.69, 9.17) is 23.2 Å². The number of aliphatic hydroxyl groups excluding tert-OH is 1. The standard InChI is InChI=1S/C22H29Cl2N3O3/c23-19-6-4-17(14-20(19)24)5-7-21(29)26-11-8-22(30)27(13-12-26)16-18(28)15-25-9-2-1-3-10-25/h4-7,14,18,28H,1-3,8-13,15-16H2/t18-/m1/s1. The van der Waals surface area contributed by atoms with Gasteiger partial charge >= 0.3 is 0 Å². The van der Waals surface area contributed by atoms with Crippen molar-refractivity contribution in [2.45, 2.75) is 31.8 Å². The first-order valence-electron chi connectivity index (χ1n) is 10.5. The van der Waals surface area contributed by atoms with Gasteiger partial charge in [0.2, 0.25) is 11.8 Å². The summed E-state index contributed by atoms with van der Waals surface area (Å²) in [6, 6.07) is 5.17. The Labute approximate surface area is 188 Å². The van der Waals surface area contributed by atoms with Gasteiger partial charge in [0.1, 0.15) is 0 Å². The Bertz CT molecular complexity index is 781. The molecule has 2 saturated heterocycles. The number of likely N-dealkylation sites (tertiary alicyclic amines) is 1. The molecule has 0 unspecified atom stereocenters. The zero-order valence-corrected chi connectivity index (χ0v) is 18.6. The molecule has 8 heteroatoms. The molecule has 0 saturated carbocycles. The SMILES string of the molecule is O=C(C=Cc1ccc(Cl)c(Cl)c1)N1CCC(=O)N(C[C@H](O)CN2CCCCC2)CC1. The van der Waals surface area contributed by atoms with Crippen LogP contribution in [-0.4, -0.2) is 83.5 Å². The van der Waals surface area contributed by atoms with Gasteiger partial charge in [-0.1, -0.05) is 35.7 Å². The Hall–Kier alpha value is -1.60. The number of amides is 2. The van der Waals surface area contributed by atoms with Gasteiger partial charge in [0.05, 0.1) is 16.1 Å². The third-order valence-corrected chi connectivity index (χ3v) is 6.35. The Morgan fingerprint density at radius 3 is 2.53 bits per heavy atom. The highest BCUT2D eigenvalue weighted by Gasteiger charge is 2.25.